The maximum atomic E-state index is 12.1. The number of carbonyl (C=O) groups is 2. The van der Waals surface area contributed by atoms with Crippen molar-refractivity contribution in [2.45, 2.75) is 19.9 Å². The summed E-state index contributed by atoms with van der Waals surface area (Å²) in [4.78, 5) is 23.2. The van der Waals surface area contributed by atoms with Crippen LogP contribution in [-0.2, 0) is 14.3 Å². The highest BCUT2D eigenvalue weighted by atomic mass is 16.5. The van der Waals surface area contributed by atoms with Crippen LogP contribution in [0.2, 0.25) is 0 Å². The van der Waals surface area contributed by atoms with Crippen molar-refractivity contribution in [2.75, 3.05) is 30.4 Å². The van der Waals surface area contributed by atoms with Gasteiger partial charge in [-0.25, -0.2) is 0 Å². The maximum absolute atomic E-state index is 12.1. The molecule has 1 aliphatic heterocycles. The molecular formula is C14H19N3O3. The Balaban J connectivity index is 2.07. The molecular weight excluding hydrogens is 258 g/mol. The minimum absolute atomic E-state index is 0.132. The van der Waals surface area contributed by atoms with E-state index >= 15 is 0 Å². The second-order valence-corrected chi connectivity index (χ2v) is 4.78. The third-order valence-corrected chi connectivity index (χ3v) is 3.05. The molecule has 0 aliphatic carbocycles. The molecule has 108 valence electrons. The molecule has 0 bridgehead atoms. The smallest absolute Gasteiger partial charge is 0.243 e. The van der Waals surface area contributed by atoms with Crippen molar-refractivity contribution in [3.05, 3.63) is 23.8 Å². The fraction of sp³-hybridized carbons (Fsp3) is 0.429. The first-order valence-electron chi connectivity index (χ1n) is 6.56. The van der Waals surface area contributed by atoms with E-state index in [0.29, 0.717) is 31.1 Å². The van der Waals surface area contributed by atoms with E-state index in [1.165, 1.54) is 6.92 Å². The van der Waals surface area contributed by atoms with Gasteiger partial charge in [-0.3, -0.25) is 9.59 Å². The third-order valence-electron chi connectivity index (χ3n) is 3.05. The van der Waals surface area contributed by atoms with Crippen molar-refractivity contribution >= 4 is 23.2 Å². The molecule has 0 radical (unpaired) electrons. The summed E-state index contributed by atoms with van der Waals surface area (Å²) in [6.45, 7) is 5.01. The number of hydrogen-bond acceptors (Lipinski definition) is 4. The molecule has 1 aromatic carbocycles. The topological polar surface area (TPSA) is 79.5 Å². The molecule has 2 rings (SSSR count). The van der Waals surface area contributed by atoms with Crippen molar-refractivity contribution in [3.8, 4) is 0 Å². The molecule has 3 N–H and O–H groups in total. The first kappa shape index (κ1) is 14.5. The lowest BCUT2D eigenvalue weighted by Crippen LogP contribution is -2.48. The minimum Gasteiger partial charge on any atom is -0.378 e. The van der Waals surface area contributed by atoms with Crippen LogP contribution in [0.3, 0.4) is 0 Å². The molecule has 1 aliphatic rings. The van der Waals surface area contributed by atoms with Gasteiger partial charge in [0, 0.05) is 24.8 Å². The van der Waals surface area contributed by atoms with E-state index < -0.39 is 0 Å². The molecule has 1 heterocycles. The molecule has 0 aromatic heterocycles. The van der Waals surface area contributed by atoms with E-state index in [1.807, 2.05) is 13.0 Å². The first-order valence-corrected chi connectivity index (χ1v) is 6.56. The van der Waals surface area contributed by atoms with E-state index in [1.54, 1.807) is 12.1 Å². The van der Waals surface area contributed by atoms with Gasteiger partial charge in [-0.15, -0.1) is 0 Å². The van der Waals surface area contributed by atoms with Gasteiger partial charge in [0.05, 0.1) is 13.2 Å². The Morgan fingerprint density at radius 1 is 1.35 bits per heavy atom. The predicted octanol–water partition coefficient (Wildman–Crippen LogP) is 0.880. The standard InChI is InChI=1S/C14H19N3O3/c1-9-3-4-11(16-10(2)18)7-12(9)17-14(19)13-8-20-6-5-15-13/h3-4,7,13,15H,5-6,8H2,1-2H3,(H,16,18)(H,17,19). The van der Waals surface area contributed by atoms with Crippen LogP contribution in [0.5, 0.6) is 0 Å². The zero-order chi connectivity index (χ0) is 14.5. The predicted molar refractivity (Wildman–Crippen MR) is 76.7 cm³/mol. The van der Waals surface area contributed by atoms with Gasteiger partial charge in [0.15, 0.2) is 0 Å². The molecule has 1 atom stereocenters. The Morgan fingerprint density at radius 2 is 2.15 bits per heavy atom. The fourth-order valence-corrected chi connectivity index (χ4v) is 1.99. The van der Waals surface area contributed by atoms with Crippen LogP contribution in [0.15, 0.2) is 18.2 Å². The Hall–Kier alpha value is -1.92. The van der Waals surface area contributed by atoms with Crippen LogP contribution in [0.4, 0.5) is 11.4 Å². The lowest BCUT2D eigenvalue weighted by Gasteiger charge is -2.23. The quantitative estimate of drug-likeness (QED) is 0.766. The van der Waals surface area contributed by atoms with E-state index in [9.17, 15) is 9.59 Å². The minimum atomic E-state index is -0.340. The van der Waals surface area contributed by atoms with Crippen LogP contribution >= 0.6 is 0 Å². The number of nitrogens with one attached hydrogen (secondary N) is 3. The molecule has 1 aromatic rings. The van der Waals surface area contributed by atoms with Gasteiger partial charge in [-0.05, 0) is 24.6 Å². The molecule has 1 saturated heterocycles. The van der Waals surface area contributed by atoms with Gasteiger partial charge < -0.3 is 20.7 Å². The zero-order valence-corrected chi connectivity index (χ0v) is 11.7. The number of ether oxygens (including phenoxy) is 1. The second kappa shape index (κ2) is 6.49. The van der Waals surface area contributed by atoms with Gasteiger partial charge in [0.1, 0.15) is 6.04 Å². The molecule has 6 heteroatoms. The van der Waals surface area contributed by atoms with E-state index in [4.69, 9.17) is 4.74 Å². The van der Waals surface area contributed by atoms with Crippen LogP contribution in [0, 0.1) is 6.92 Å². The van der Waals surface area contributed by atoms with Gasteiger partial charge in [-0.1, -0.05) is 6.07 Å². The summed E-state index contributed by atoms with van der Waals surface area (Å²) >= 11 is 0. The number of benzene rings is 1. The van der Waals surface area contributed by atoms with Crippen LogP contribution < -0.4 is 16.0 Å². The van der Waals surface area contributed by atoms with Gasteiger partial charge in [0.25, 0.3) is 0 Å². The van der Waals surface area contributed by atoms with Crippen LogP contribution in [0.1, 0.15) is 12.5 Å². The van der Waals surface area contributed by atoms with Crippen molar-refractivity contribution in [3.63, 3.8) is 0 Å². The SMILES string of the molecule is CC(=O)Nc1ccc(C)c(NC(=O)C2COCCN2)c1. The largest absolute Gasteiger partial charge is 0.378 e. The van der Waals surface area contributed by atoms with E-state index in [-0.39, 0.29) is 17.9 Å². The highest BCUT2D eigenvalue weighted by molar-refractivity contribution is 5.97. The normalized spacial score (nSPS) is 18.4. The number of aryl methyl sites for hydroxylation is 1. The molecule has 0 saturated carbocycles. The number of amides is 2. The third kappa shape index (κ3) is 3.79. The van der Waals surface area contributed by atoms with E-state index in [0.717, 1.165) is 5.56 Å². The number of morpholine rings is 1. The Morgan fingerprint density at radius 3 is 2.80 bits per heavy atom. The number of rotatable bonds is 3. The Bertz CT molecular complexity index is 510. The molecule has 2 amide bonds. The van der Waals surface area contributed by atoms with E-state index in [2.05, 4.69) is 16.0 Å². The maximum Gasteiger partial charge on any atom is 0.243 e. The molecule has 1 unspecified atom stereocenters. The van der Waals surface area contributed by atoms with Crippen molar-refractivity contribution < 1.29 is 14.3 Å². The summed E-state index contributed by atoms with van der Waals surface area (Å²) in [7, 11) is 0. The first-order chi connectivity index (χ1) is 9.56. The highest BCUT2D eigenvalue weighted by Crippen LogP contribution is 2.20. The molecule has 0 spiro atoms. The molecule has 20 heavy (non-hydrogen) atoms. The fourth-order valence-electron chi connectivity index (χ4n) is 1.99. The summed E-state index contributed by atoms with van der Waals surface area (Å²) in [5.74, 6) is -0.277. The van der Waals surface area contributed by atoms with Crippen LogP contribution in [0.25, 0.3) is 0 Å². The Labute approximate surface area is 117 Å². The molecule has 6 nitrogen and oxygen atoms in total. The average Bonchev–Trinajstić information content (AvgIpc) is 2.43. The number of hydrogen-bond donors (Lipinski definition) is 3. The van der Waals surface area contributed by atoms with Gasteiger partial charge >= 0.3 is 0 Å². The van der Waals surface area contributed by atoms with Crippen LogP contribution in [-0.4, -0.2) is 37.6 Å². The highest BCUT2D eigenvalue weighted by Gasteiger charge is 2.21. The second-order valence-electron chi connectivity index (χ2n) is 4.78. The number of anilines is 2. The Kier molecular flexibility index (Phi) is 4.70. The summed E-state index contributed by atoms with van der Waals surface area (Å²) < 4.78 is 5.27. The summed E-state index contributed by atoms with van der Waals surface area (Å²) in [5, 5.41) is 8.65. The van der Waals surface area contributed by atoms with Crippen molar-refractivity contribution in [1.82, 2.24) is 5.32 Å². The van der Waals surface area contributed by atoms with Crippen molar-refractivity contribution in [2.24, 2.45) is 0 Å². The lowest BCUT2D eigenvalue weighted by atomic mass is 10.1. The average molecular weight is 277 g/mol. The van der Waals surface area contributed by atoms with Gasteiger partial charge in [-0.2, -0.15) is 0 Å². The summed E-state index contributed by atoms with van der Waals surface area (Å²) in [6.07, 6.45) is 0. The van der Waals surface area contributed by atoms with Gasteiger partial charge in [0.2, 0.25) is 11.8 Å². The number of carbonyl (C=O) groups excluding carboxylic acids is 2. The van der Waals surface area contributed by atoms with Crippen molar-refractivity contribution in [1.29, 1.82) is 0 Å². The summed E-state index contributed by atoms with van der Waals surface area (Å²) in [6, 6.07) is 5.06. The zero-order valence-electron chi connectivity index (χ0n) is 11.7. The summed E-state index contributed by atoms with van der Waals surface area (Å²) in [5.41, 5.74) is 2.28. The molecule has 1 fully saturated rings. The lowest BCUT2D eigenvalue weighted by molar-refractivity contribution is -0.120. The monoisotopic (exact) mass is 277 g/mol.